The summed E-state index contributed by atoms with van der Waals surface area (Å²) in [4.78, 5) is 11.6. The second-order valence-corrected chi connectivity index (χ2v) is 11.6. The second kappa shape index (κ2) is 7.27. The molecule has 0 aromatic carbocycles. The number of aromatic nitrogens is 2. The molecule has 0 bridgehead atoms. The van der Waals surface area contributed by atoms with Gasteiger partial charge in [0.2, 0.25) is 0 Å². The average Bonchev–Trinajstić information content (AvgIpc) is 2.78. The molecule has 0 spiro atoms. The molecule has 0 saturated heterocycles. The smallest absolute Gasteiger partial charge is 0.436 e. The Hall–Kier alpha value is -1.35. The van der Waals surface area contributed by atoms with Crippen LogP contribution >= 0.6 is 0 Å². The largest absolute Gasteiger partial charge is 0.462 e. The summed E-state index contributed by atoms with van der Waals surface area (Å²) in [5, 5.41) is 3.40. The summed E-state index contributed by atoms with van der Waals surface area (Å²) < 4.78 is 49.6. The van der Waals surface area contributed by atoms with E-state index < -0.39 is 31.5 Å². The highest BCUT2D eigenvalue weighted by Crippen LogP contribution is 2.31. The van der Waals surface area contributed by atoms with E-state index in [1.807, 2.05) is 0 Å². The number of hydrogen-bond acceptors (Lipinski definition) is 4. The van der Waals surface area contributed by atoms with Crippen molar-refractivity contribution in [1.29, 1.82) is 0 Å². The molecule has 126 valence electrons. The number of esters is 1. The highest BCUT2D eigenvalue weighted by molar-refractivity contribution is 6.76. The van der Waals surface area contributed by atoms with E-state index in [0.717, 1.165) is 16.9 Å². The first-order valence-electron chi connectivity index (χ1n) is 6.94. The molecule has 0 fully saturated rings. The van der Waals surface area contributed by atoms with Gasteiger partial charge < -0.3 is 9.47 Å². The van der Waals surface area contributed by atoms with Crippen LogP contribution < -0.4 is 0 Å². The number of halogens is 3. The Morgan fingerprint density at radius 3 is 2.50 bits per heavy atom. The molecule has 9 heteroatoms. The fraction of sp³-hybridized carbons (Fsp3) is 0.692. The average molecular weight is 338 g/mol. The van der Waals surface area contributed by atoms with Crippen LogP contribution in [0.1, 0.15) is 23.0 Å². The lowest BCUT2D eigenvalue weighted by molar-refractivity contribution is -0.142. The first kappa shape index (κ1) is 18.7. The Morgan fingerprint density at radius 2 is 2.00 bits per heavy atom. The van der Waals surface area contributed by atoms with Crippen molar-refractivity contribution in [2.75, 3.05) is 13.2 Å². The van der Waals surface area contributed by atoms with E-state index in [9.17, 15) is 18.0 Å². The number of hydrogen-bond donors (Lipinski definition) is 0. The third-order valence-corrected chi connectivity index (χ3v) is 4.45. The minimum atomic E-state index is -4.72. The molecule has 0 N–H and O–H groups in total. The topological polar surface area (TPSA) is 53.4 Å². The summed E-state index contributed by atoms with van der Waals surface area (Å²) in [7, 11) is -1.27. The Morgan fingerprint density at radius 1 is 1.36 bits per heavy atom. The molecule has 1 aromatic rings. The Balaban J connectivity index is 2.79. The van der Waals surface area contributed by atoms with E-state index in [1.54, 1.807) is 0 Å². The van der Waals surface area contributed by atoms with Crippen LogP contribution in [0, 0.1) is 0 Å². The second-order valence-electron chi connectivity index (χ2n) is 6.00. The van der Waals surface area contributed by atoms with Gasteiger partial charge in [0.25, 0.3) is 0 Å². The fourth-order valence-electron chi connectivity index (χ4n) is 1.59. The van der Waals surface area contributed by atoms with Gasteiger partial charge in [-0.25, -0.2) is 9.48 Å². The molecule has 0 aliphatic carbocycles. The summed E-state index contributed by atoms with van der Waals surface area (Å²) in [5.41, 5.74) is -1.84. The number of rotatable bonds is 7. The molecule has 1 heterocycles. The van der Waals surface area contributed by atoms with Gasteiger partial charge in [-0.05, 0) is 13.0 Å². The maximum Gasteiger partial charge on any atom is 0.436 e. The van der Waals surface area contributed by atoms with Crippen molar-refractivity contribution in [2.24, 2.45) is 0 Å². The number of carbonyl (C=O) groups excluding carboxylic acids is 1. The van der Waals surface area contributed by atoms with Gasteiger partial charge in [0.1, 0.15) is 12.3 Å². The van der Waals surface area contributed by atoms with E-state index >= 15 is 0 Å². The summed E-state index contributed by atoms with van der Waals surface area (Å²) in [5.74, 6) is -1.04. The standard InChI is InChI=1S/C13H21F3N2O3Si/c1-5-21-12(19)10-8-18(17-11(10)13(14,15)16)9-20-6-7-22(2,3)4/h8H,5-7,9H2,1-4H3. The van der Waals surface area contributed by atoms with Crippen molar-refractivity contribution in [3.8, 4) is 0 Å². The molecule has 0 aliphatic heterocycles. The molecule has 1 aromatic heterocycles. The van der Waals surface area contributed by atoms with Crippen molar-refractivity contribution >= 4 is 14.0 Å². The minimum Gasteiger partial charge on any atom is -0.462 e. The quantitative estimate of drug-likeness (QED) is 0.434. The van der Waals surface area contributed by atoms with Crippen LogP contribution in [0.2, 0.25) is 25.7 Å². The molecule has 0 amide bonds. The number of alkyl halides is 3. The van der Waals surface area contributed by atoms with Crippen LogP contribution in [0.3, 0.4) is 0 Å². The zero-order valence-electron chi connectivity index (χ0n) is 13.2. The Labute approximate surface area is 128 Å². The van der Waals surface area contributed by atoms with Gasteiger partial charge in [-0.2, -0.15) is 18.3 Å². The summed E-state index contributed by atoms with van der Waals surface area (Å²) in [6.07, 6.45) is -3.71. The van der Waals surface area contributed by atoms with Crippen LogP contribution in [0.4, 0.5) is 13.2 Å². The maximum atomic E-state index is 12.9. The van der Waals surface area contributed by atoms with Crippen LogP contribution in [-0.4, -0.2) is 37.0 Å². The number of ether oxygens (including phenoxy) is 2. The zero-order chi connectivity index (χ0) is 17.0. The maximum absolute atomic E-state index is 12.9. The number of nitrogens with zero attached hydrogens (tertiary/aromatic N) is 2. The van der Waals surface area contributed by atoms with Crippen molar-refractivity contribution in [2.45, 2.75) is 45.5 Å². The normalized spacial score (nSPS) is 12.5. The molecule has 5 nitrogen and oxygen atoms in total. The van der Waals surface area contributed by atoms with E-state index in [1.165, 1.54) is 6.92 Å². The molecule has 1 rings (SSSR count). The third-order valence-electron chi connectivity index (χ3n) is 2.75. The van der Waals surface area contributed by atoms with Gasteiger partial charge in [-0.15, -0.1) is 0 Å². The van der Waals surface area contributed by atoms with Crippen LogP contribution in [0.25, 0.3) is 0 Å². The van der Waals surface area contributed by atoms with E-state index in [4.69, 9.17) is 4.74 Å². The van der Waals surface area contributed by atoms with Gasteiger partial charge in [0, 0.05) is 20.9 Å². The lowest BCUT2D eigenvalue weighted by Crippen LogP contribution is -2.22. The van der Waals surface area contributed by atoms with E-state index in [0.29, 0.717) is 6.61 Å². The van der Waals surface area contributed by atoms with Crippen LogP contribution in [0.5, 0.6) is 0 Å². The lowest BCUT2D eigenvalue weighted by Gasteiger charge is -2.15. The third kappa shape index (κ3) is 5.80. The van der Waals surface area contributed by atoms with Gasteiger partial charge >= 0.3 is 12.1 Å². The molecular formula is C13H21F3N2O3Si. The first-order chi connectivity index (χ1) is 10.0. The minimum absolute atomic E-state index is 0.00593. The number of carbonyl (C=O) groups is 1. The van der Waals surface area contributed by atoms with E-state index in [2.05, 4.69) is 29.5 Å². The molecule has 0 unspecified atom stereocenters. The monoisotopic (exact) mass is 338 g/mol. The fourth-order valence-corrected chi connectivity index (χ4v) is 2.35. The molecular weight excluding hydrogens is 317 g/mol. The molecule has 22 heavy (non-hydrogen) atoms. The van der Waals surface area contributed by atoms with Gasteiger partial charge in [-0.3, -0.25) is 0 Å². The SMILES string of the molecule is CCOC(=O)c1cn(COCC[Si](C)(C)C)nc1C(F)(F)F. The predicted octanol–water partition coefficient (Wildman–Crippen LogP) is 3.39. The van der Waals surface area contributed by atoms with Gasteiger partial charge in [-0.1, -0.05) is 19.6 Å². The van der Waals surface area contributed by atoms with Crippen LogP contribution in [0.15, 0.2) is 6.20 Å². The van der Waals surface area contributed by atoms with Crippen LogP contribution in [-0.2, 0) is 22.4 Å². The van der Waals surface area contributed by atoms with Gasteiger partial charge in [0.05, 0.1) is 6.61 Å². The summed E-state index contributed by atoms with van der Waals surface area (Å²) in [6.45, 7) is 8.35. The summed E-state index contributed by atoms with van der Waals surface area (Å²) in [6, 6.07) is 0.894. The highest BCUT2D eigenvalue weighted by atomic mass is 28.3. The molecule has 0 saturated carbocycles. The van der Waals surface area contributed by atoms with Crippen molar-refractivity contribution in [3.05, 3.63) is 17.5 Å². The summed E-state index contributed by atoms with van der Waals surface area (Å²) >= 11 is 0. The lowest BCUT2D eigenvalue weighted by atomic mass is 10.2. The first-order valence-corrected chi connectivity index (χ1v) is 10.6. The molecule has 0 aliphatic rings. The Kier molecular flexibility index (Phi) is 6.18. The zero-order valence-corrected chi connectivity index (χ0v) is 14.2. The molecule has 0 atom stereocenters. The van der Waals surface area contributed by atoms with E-state index in [-0.39, 0.29) is 13.3 Å². The van der Waals surface area contributed by atoms with Gasteiger partial charge in [0.15, 0.2) is 5.69 Å². The Bertz CT molecular complexity index is 510. The predicted molar refractivity (Wildman–Crippen MR) is 77.3 cm³/mol. The van der Waals surface area contributed by atoms with Crippen molar-refractivity contribution in [3.63, 3.8) is 0 Å². The van der Waals surface area contributed by atoms with Crippen molar-refractivity contribution < 1.29 is 27.4 Å². The highest BCUT2D eigenvalue weighted by Gasteiger charge is 2.39. The van der Waals surface area contributed by atoms with Crippen molar-refractivity contribution in [1.82, 2.24) is 9.78 Å². The molecule has 0 radical (unpaired) electrons.